The van der Waals surface area contributed by atoms with Crippen LogP contribution in [0.2, 0.25) is 10.0 Å². The monoisotopic (exact) mass is 486 g/mol. The minimum atomic E-state index is -0.727. The van der Waals surface area contributed by atoms with Crippen LogP contribution < -0.4 is 5.32 Å². The summed E-state index contributed by atoms with van der Waals surface area (Å²) < 4.78 is 3.39. The van der Waals surface area contributed by atoms with E-state index in [1.165, 1.54) is 10.9 Å². The van der Waals surface area contributed by atoms with Crippen molar-refractivity contribution in [3.8, 4) is 0 Å². The van der Waals surface area contributed by atoms with Crippen LogP contribution in [0, 0.1) is 10.1 Å². The van der Waals surface area contributed by atoms with Crippen molar-refractivity contribution in [1.29, 1.82) is 0 Å². The number of carbonyl (C=O) groups excluding carboxylic acids is 1. The van der Waals surface area contributed by atoms with E-state index in [0.29, 0.717) is 27.6 Å². The lowest BCUT2D eigenvalue weighted by atomic mass is 10.2. The van der Waals surface area contributed by atoms with E-state index >= 15 is 0 Å². The van der Waals surface area contributed by atoms with Crippen LogP contribution >= 0.6 is 39.1 Å². The summed E-state index contributed by atoms with van der Waals surface area (Å²) in [7, 11) is 0. The highest BCUT2D eigenvalue weighted by atomic mass is 79.9. The molecule has 2 aromatic heterocycles. The Morgan fingerprint density at radius 3 is 2.68 bits per heavy atom. The van der Waals surface area contributed by atoms with Crippen LogP contribution in [0.4, 0.5) is 11.5 Å². The van der Waals surface area contributed by atoms with Crippen molar-refractivity contribution in [3.05, 3.63) is 66.5 Å². The number of hydrogen-bond acceptors (Lipinski definition) is 5. The van der Waals surface area contributed by atoms with Gasteiger partial charge in [-0.1, -0.05) is 29.3 Å². The van der Waals surface area contributed by atoms with E-state index in [1.54, 1.807) is 36.0 Å². The maximum atomic E-state index is 12.5. The van der Waals surface area contributed by atoms with Gasteiger partial charge in [0.25, 0.3) is 5.91 Å². The fourth-order valence-corrected chi connectivity index (χ4v) is 3.31. The number of halogens is 3. The molecule has 28 heavy (non-hydrogen) atoms. The van der Waals surface area contributed by atoms with Crippen LogP contribution in [0.25, 0.3) is 0 Å². The number of aromatic nitrogens is 4. The Hall–Kier alpha value is -2.43. The number of aryl methyl sites for hydroxylation is 1. The number of nitrogens with zero attached hydrogens (tertiary/aromatic N) is 5. The molecule has 1 aromatic carbocycles. The van der Waals surface area contributed by atoms with Crippen molar-refractivity contribution >= 4 is 56.5 Å². The van der Waals surface area contributed by atoms with Gasteiger partial charge in [-0.25, -0.2) is 0 Å². The van der Waals surface area contributed by atoms with Crippen LogP contribution in [0.1, 0.15) is 23.0 Å². The van der Waals surface area contributed by atoms with E-state index in [4.69, 9.17) is 23.2 Å². The van der Waals surface area contributed by atoms with Gasteiger partial charge in [-0.05, 0) is 40.5 Å². The fraction of sp³-hybridized carbons (Fsp3) is 0.188. The zero-order chi connectivity index (χ0) is 20.4. The molecule has 3 rings (SSSR count). The molecule has 0 aliphatic carbocycles. The third-order valence-corrected chi connectivity index (χ3v) is 4.94. The first-order valence-electron chi connectivity index (χ1n) is 7.98. The maximum absolute atomic E-state index is 12.5. The Bertz CT molecular complexity index is 1060. The van der Waals surface area contributed by atoms with Gasteiger partial charge >= 0.3 is 5.69 Å². The Labute approximate surface area is 177 Å². The van der Waals surface area contributed by atoms with Crippen LogP contribution in [-0.2, 0) is 13.1 Å². The maximum Gasteiger partial charge on any atom is 0.320 e. The summed E-state index contributed by atoms with van der Waals surface area (Å²) in [5.41, 5.74) is 0.133. The molecule has 0 fully saturated rings. The van der Waals surface area contributed by atoms with E-state index in [0.717, 1.165) is 5.56 Å². The van der Waals surface area contributed by atoms with Gasteiger partial charge in [0.05, 0.1) is 15.9 Å². The lowest BCUT2D eigenvalue weighted by Gasteiger charge is -2.05. The summed E-state index contributed by atoms with van der Waals surface area (Å²) >= 11 is 15.4. The molecule has 0 atom stereocenters. The van der Waals surface area contributed by atoms with E-state index in [1.807, 2.05) is 0 Å². The molecule has 0 saturated carbocycles. The first kappa shape index (κ1) is 20.3. The molecule has 0 aliphatic rings. The molecular formula is C16H13BrCl2N6O3. The summed E-state index contributed by atoms with van der Waals surface area (Å²) in [6.45, 7) is 2.50. The molecule has 3 aromatic rings. The van der Waals surface area contributed by atoms with Crippen LogP contribution in [0.3, 0.4) is 0 Å². The van der Waals surface area contributed by atoms with Gasteiger partial charge in [-0.2, -0.15) is 10.2 Å². The molecule has 9 nitrogen and oxygen atoms in total. The predicted octanol–water partition coefficient (Wildman–Crippen LogP) is 4.38. The zero-order valence-corrected chi connectivity index (χ0v) is 17.5. The second-order valence-electron chi connectivity index (χ2n) is 5.69. The number of anilines is 1. The number of nitrogens with one attached hydrogen (secondary N) is 1. The van der Waals surface area contributed by atoms with Crippen molar-refractivity contribution in [1.82, 2.24) is 19.6 Å². The van der Waals surface area contributed by atoms with E-state index in [2.05, 4.69) is 31.4 Å². The van der Waals surface area contributed by atoms with Crippen molar-refractivity contribution < 1.29 is 9.72 Å². The predicted molar refractivity (Wildman–Crippen MR) is 108 cm³/mol. The molecule has 1 amide bonds. The molecule has 0 bridgehead atoms. The van der Waals surface area contributed by atoms with Crippen LogP contribution in [0.15, 0.2) is 35.1 Å². The number of benzene rings is 1. The van der Waals surface area contributed by atoms with Gasteiger partial charge in [-0.3, -0.25) is 24.3 Å². The summed E-state index contributed by atoms with van der Waals surface area (Å²) in [6.07, 6.45) is 2.87. The van der Waals surface area contributed by atoms with Crippen LogP contribution in [-0.4, -0.2) is 30.4 Å². The van der Waals surface area contributed by atoms with E-state index < -0.39 is 10.8 Å². The number of amides is 1. The molecule has 2 heterocycles. The molecule has 0 saturated heterocycles. The first-order chi connectivity index (χ1) is 13.3. The van der Waals surface area contributed by atoms with Crippen LogP contribution in [0.5, 0.6) is 0 Å². The normalized spacial score (nSPS) is 10.9. The second kappa shape index (κ2) is 8.29. The first-order valence-corrected chi connectivity index (χ1v) is 9.53. The fourth-order valence-electron chi connectivity index (χ4n) is 2.42. The molecule has 146 valence electrons. The van der Waals surface area contributed by atoms with Gasteiger partial charge in [-0.15, -0.1) is 0 Å². The number of nitro groups is 1. The molecular weight excluding hydrogens is 475 g/mol. The van der Waals surface area contributed by atoms with E-state index in [9.17, 15) is 14.9 Å². The third kappa shape index (κ3) is 4.34. The summed E-state index contributed by atoms with van der Waals surface area (Å²) in [5, 5.41) is 22.9. The summed E-state index contributed by atoms with van der Waals surface area (Å²) in [6, 6.07) is 5.12. The quantitative estimate of drug-likeness (QED) is 0.410. The number of hydrogen-bond donors (Lipinski definition) is 1. The Kier molecular flexibility index (Phi) is 6.01. The number of rotatable bonds is 6. The average Bonchev–Trinajstić information content (AvgIpc) is 3.21. The molecule has 0 radical (unpaired) electrons. The van der Waals surface area contributed by atoms with Crippen molar-refractivity contribution in [3.63, 3.8) is 0 Å². The lowest BCUT2D eigenvalue weighted by molar-refractivity contribution is -0.385. The molecule has 0 unspecified atom stereocenters. The summed E-state index contributed by atoms with van der Waals surface area (Å²) in [4.78, 5) is 23.0. The van der Waals surface area contributed by atoms with Gasteiger partial charge in [0.1, 0.15) is 6.20 Å². The molecule has 0 aliphatic heterocycles. The van der Waals surface area contributed by atoms with Crippen molar-refractivity contribution in [2.45, 2.75) is 20.0 Å². The second-order valence-corrected chi connectivity index (χ2v) is 7.39. The average molecular weight is 488 g/mol. The van der Waals surface area contributed by atoms with Gasteiger partial charge in [0, 0.05) is 22.8 Å². The lowest BCUT2D eigenvalue weighted by Crippen LogP contribution is -2.15. The highest BCUT2D eigenvalue weighted by Crippen LogP contribution is 2.25. The van der Waals surface area contributed by atoms with Gasteiger partial charge in [0.15, 0.2) is 5.82 Å². The Balaban J connectivity index is 1.81. The molecule has 12 heteroatoms. The highest BCUT2D eigenvalue weighted by molar-refractivity contribution is 9.10. The zero-order valence-electron chi connectivity index (χ0n) is 14.4. The minimum absolute atomic E-state index is 0.204. The van der Waals surface area contributed by atoms with E-state index in [-0.39, 0.29) is 17.2 Å². The number of carbonyl (C=O) groups is 1. The minimum Gasteiger partial charge on any atom is -0.302 e. The van der Waals surface area contributed by atoms with Crippen molar-refractivity contribution in [2.75, 3.05) is 5.32 Å². The third-order valence-electron chi connectivity index (χ3n) is 3.77. The summed E-state index contributed by atoms with van der Waals surface area (Å²) in [5.74, 6) is -0.523. The Morgan fingerprint density at radius 2 is 2.04 bits per heavy atom. The highest BCUT2D eigenvalue weighted by Gasteiger charge is 2.26. The standard InChI is InChI=1S/C16H13BrCl2N6O3/c1-2-23-8-13(25(27)28)14(21-23)16(26)20-15-11(17)7-24(22-15)6-9-3-4-10(18)5-12(9)19/h3-5,7-8H,2,6H2,1H3,(H,20,22,26). The SMILES string of the molecule is CCn1cc([N+](=O)[O-])c(C(=O)Nc2nn(Cc3ccc(Cl)cc3Cl)cc2Br)n1. The topological polar surface area (TPSA) is 108 Å². The van der Waals surface area contributed by atoms with Gasteiger partial charge in [0.2, 0.25) is 5.69 Å². The molecule has 0 spiro atoms. The smallest absolute Gasteiger partial charge is 0.302 e. The van der Waals surface area contributed by atoms with Gasteiger partial charge < -0.3 is 5.32 Å². The largest absolute Gasteiger partial charge is 0.320 e. The molecule has 1 N–H and O–H groups in total. The van der Waals surface area contributed by atoms with Crippen molar-refractivity contribution in [2.24, 2.45) is 0 Å². The Morgan fingerprint density at radius 1 is 1.29 bits per heavy atom.